The van der Waals surface area contributed by atoms with Crippen molar-refractivity contribution in [1.82, 2.24) is 10.3 Å². The molecule has 1 unspecified atom stereocenters. The van der Waals surface area contributed by atoms with Gasteiger partial charge in [-0.15, -0.1) is 23.1 Å². The number of carbonyl (C=O) groups is 3. The smallest absolute Gasteiger partial charge is 0.272 e. The lowest BCUT2D eigenvalue weighted by Gasteiger charge is -2.15. The number of thiazole rings is 1. The summed E-state index contributed by atoms with van der Waals surface area (Å²) < 4.78 is 0. The van der Waals surface area contributed by atoms with E-state index in [9.17, 15) is 14.4 Å². The summed E-state index contributed by atoms with van der Waals surface area (Å²) in [4.78, 5) is 45.0. The van der Waals surface area contributed by atoms with Crippen molar-refractivity contribution in [2.45, 2.75) is 30.4 Å². The summed E-state index contributed by atoms with van der Waals surface area (Å²) in [5.74, 6) is -1.04. The summed E-state index contributed by atoms with van der Waals surface area (Å²) in [5.41, 5.74) is 4.41. The van der Waals surface area contributed by atoms with E-state index in [4.69, 9.17) is 11.6 Å². The van der Waals surface area contributed by atoms with Gasteiger partial charge in [0.05, 0.1) is 10.9 Å². The van der Waals surface area contributed by atoms with Crippen molar-refractivity contribution in [3.63, 3.8) is 0 Å². The molecule has 0 bridgehead atoms. The summed E-state index contributed by atoms with van der Waals surface area (Å²) >= 11 is 9.04. The van der Waals surface area contributed by atoms with Gasteiger partial charge in [-0.1, -0.05) is 90.8 Å². The lowest BCUT2D eigenvalue weighted by atomic mass is 10.1. The number of hydrogen-bond donors (Lipinski definition) is 3. The molecule has 5 rings (SSSR count). The van der Waals surface area contributed by atoms with E-state index in [-0.39, 0.29) is 11.6 Å². The maximum atomic E-state index is 13.5. The van der Waals surface area contributed by atoms with Crippen molar-refractivity contribution in [3.05, 3.63) is 136 Å². The number of aromatic nitrogens is 1. The zero-order chi connectivity index (χ0) is 32.5. The van der Waals surface area contributed by atoms with Gasteiger partial charge >= 0.3 is 0 Å². The zero-order valence-electron chi connectivity index (χ0n) is 25.1. The molecule has 0 saturated heterocycles. The van der Waals surface area contributed by atoms with Gasteiger partial charge in [-0.05, 0) is 61.4 Å². The van der Waals surface area contributed by atoms with Crippen molar-refractivity contribution >= 4 is 69.3 Å². The number of halogens is 1. The van der Waals surface area contributed by atoms with Crippen LogP contribution in [-0.4, -0.2) is 28.0 Å². The van der Waals surface area contributed by atoms with Crippen molar-refractivity contribution in [1.29, 1.82) is 0 Å². The highest BCUT2D eigenvalue weighted by Gasteiger charge is 2.21. The van der Waals surface area contributed by atoms with Gasteiger partial charge in [0.15, 0.2) is 5.13 Å². The van der Waals surface area contributed by atoms with E-state index >= 15 is 0 Å². The lowest BCUT2D eigenvalue weighted by Crippen LogP contribution is -2.30. The van der Waals surface area contributed by atoms with Crippen LogP contribution in [0.2, 0.25) is 5.02 Å². The van der Waals surface area contributed by atoms with Crippen LogP contribution in [0.4, 0.5) is 10.8 Å². The molecule has 0 fully saturated rings. The van der Waals surface area contributed by atoms with Crippen molar-refractivity contribution < 1.29 is 14.4 Å². The molecular formula is C36H31ClN4O3S2. The molecule has 0 radical (unpaired) electrons. The van der Waals surface area contributed by atoms with Crippen molar-refractivity contribution in [2.24, 2.45) is 0 Å². The monoisotopic (exact) mass is 666 g/mol. The van der Waals surface area contributed by atoms with Crippen LogP contribution in [0, 0.1) is 6.92 Å². The molecule has 5 aromatic rings. The summed E-state index contributed by atoms with van der Waals surface area (Å²) in [7, 11) is 0. The van der Waals surface area contributed by atoms with Gasteiger partial charge in [0.1, 0.15) is 5.70 Å². The van der Waals surface area contributed by atoms with Crippen molar-refractivity contribution in [2.75, 3.05) is 10.6 Å². The fourth-order valence-electron chi connectivity index (χ4n) is 4.41. The summed E-state index contributed by atoms with van der Waals surface area (Å²) in [5, 5.41) is 11.1. The van der Waals surface area contributed by atoms with Crippen LogP contribution in [-0.2, 0) is 9.59 Å². The third-order valence-corrected chi connectivity index (χ3v) is 9.28. The fraction of sp³-hybridized carbons (Fsp3) is 0.111. The molecule has 1 atom stereocenters. The Labute approximate surface area is 281 Å². The number of hydrogen-bond acceptors (Lipinski definition) is 6. The Kier molecular flexibility index (Phi) is 11.0. The average Bonchev–Trinajstić information content (AvgIpc) is 3.53. The Morgan fingerprint density at radius 1 is 0.913 bits per heavy atom. The summed E-state index contributed by atoms with van der Waals surface area (Å²) in [6.07, 6.45) is 2.21. The Hall–Kier alpha value is -4.70. The first-order valence-electron chi connectivity index (χ1n) is 14.5. The minimum absolute atomic E-state index is 0.0983. The van der Waals surface area contributed by atoms with Gasteiger partial charge in [-0.3, -0.25) is 14.4 Å². The van der Waals surface area contributed by atoms with Crippen LogP contribution in [0.3, 0.4) is 0 Å². The Bertz CT molecular complexity index is 1870. The van der Waals surface area contributed by atoms with Gasteiger partial charge in [-0.2, -0.15) is 0 Å². The second-order valence-electron chi connectivity index (χ2n) is 10.3. The van der Waals surface area contributed by atoms with Gasteiger partial charge < -0.3 is 16.0 Å². The largest absolute Gasteiger partial charge is 0.321 e. The molecule has 46 heavy (non-hydrogen) atoms. The molecule has 3 amide bonds. The van der Waals surface area contributed by atoms with Crippen LogP contribution < -0.4 is 16.0 Å². The van der Waals surface area contributed by atoms with E-state index in [1.165, 1.54) is 23.1 Å². The van der Waals surface area contributed by atoms with E-state index in [1.54, 1.807) is 48.5 Å². The third-order valence-electron chi connectivity index (χ3n) is 6.83. The Balaban J connectivity index is 1.27. The average molecular weight is 667 g/mol. The fourth-order valence-corrected chi connectivity index (χ4v) is 6.37. The maximum Gasteiger partial charge on any atom is 0.272 e. The van der Waals surface area contributed by atoms with E-state index in [1.807, 2.05) is 79.9 Å². The Morgan fingerprint density at radius 3 is 2.39 bits per heavy atom. The molecule has 0 spiro atoms. The van der Waals surface area contributed by atoms with E-state index in [0.717, 1.165) is 21.6 Å². The normalized spacial score (nSPS) is 11.8. The molecule has 0 aliphatic rings. The first-order valence-corrected chi connectivity index (χ1v) is 16.7. The van der Waals surface area contributed by atoms with Gasteiger partial charge in [-0.25, -0.2) is 4.98 Å². The molecule has 1 aromatic heterocycles. The molecule has 0 aliphatic heterocycles. The van der Waals surface area contributed by atoms with Crippen LogP contribution in [0.1, 0.15) is 34.8 Å². The van der Waals surface area contributed by atoms with Crippen LogP contribution >= 0.6 is 34.7 Å². The number of amides is 3. The predicted molar refractivity (Wildman–Crippen MR) is 189 cm³/mol. The molecule has 3 N–H and O–H groups in total. The minimum atomic E-state index is -0.477. The second kappa shape index (κ2) is 15.5. The summed E-state index contributed by atoms with van der Waals surface area (Å²) in [6.45, 7) is 3.92. The number of rotatable bonds is 11. The number of benzene rings is 4. The Morgan fingerprint density at radius 2 is 1.65 bits per heavy atom. The van der Waals surface area contributed by atoms with E-state index in [2.05, 4.69) is 20.9 Å². The number of anilines is 2. The van der Waals surface area contributed by atoms with Gasteiger partial charge in [0, 0.05) is 32.1 Å². The highest BCUT2D eigenvalue weighted by Crippen LogP contribution is 2.32. The number of carbonyl (C=O) groups excluding carboxylic acids is 3. The van der Waals surface area contributed by atoms with Crippen LogP contribution in [0.25, 0.3) is 17.3 Å². The van der Waals surface area contributed by atoms with Crippen LogP contribution in [0.5, 0.6) is 0 Å². The van der Waals surface area contributed by atoms with E-state index in [0.29, 0.717) is 33.5 Å². The number of thioether (sulfide) groups is 1. The highest BCUT2D eigenvalue weighted by molar-refractivity contribution is 8.00. The molecule has 1 heterocycles. The standard InChI is InChI=1S/C36H31ClN4O3S2/c1-3-32(35(44)41-36-40-31(22-45-36)28-14-7-8-15-29(28)37)46-27-13-9-12-26(21-27)38-34(43)30(20-24-18-16-23(2)17-19-24)39-33(42)25-10-5-4-6-11-25/h4-22,32H,3H2,1-2H3,(H,38,43)(H,39,42)(H,40,41,44)/b30-20-. The molecule has 0 aliphatic carbocycles. The number of nitrogens with zero attached hydrogens (tertiary/aromatic N) is 1. The maximum absolute atomic E-state index is 13.5. The second-order valence-corrected chi connectivity index (χ2v) is 12.8. The zero-order valence-corrected chi connectivity index (χ0v) is 27.5. The SMILES string of the molecule is CCC(Sc1cccc(NC(=O)/C(=C/c2ccc(C)cc2)NC(=O)c2ccccc2)c1)C(=O)Nc1nc(-c2ccccc2Cl)cs1. The third kappa shape index (κ3) is 8.72. The van der Waals surface area contributed by atoms with Crippen LogP contribution in [0.15, 0.2) is 119 Å². The first kappa shape index (κ1) is 32.7. The van der Waals surface area contributed by atoms with Gasteiger partial charge in [0.2, 0.25) is 5.91 Å². The quantitative estimate of drug-likeness (QED) is 0.0967. The molecule has 0 saturated carbocycles. The molecule has 4 aromatic carbocycles. The number of aryl methyl sites for hydroxylation is 1. The molecule has 232 valence electrons. The minimum Gasteiger partial charge on any atom is -0.321 e. The summed E-state index contributed by atoms with van der Waals surface area (Å²) in [6, 6.07) is 31.1. The highest BCUT2D eigenvalue weighted by atomic mass is 35.5. The number of nitrogens with one attached hydrogen (secondary N) is 3. The van der Waals surface area contributed by atoms with E-state index < -0.39 is 17.1 Å². The topological polar surface area (TPSA) is 100 Å². The lowest BCUT2D eigenvalue weighted by molar-refractivity contribution is -0.116. The molecule has 10 heteroatoms. The molecule has 7 nitrogen and oxygen atoms in total. The predicted octanol–water partition coefficient (Wildman–Crippen LogP) is 8.69. The van der Waals surface area contributed by atoms with Gasteiger partial charge in [0.25, 0.3) is 11.8 Å². The molecular weight excluding hydrogens is 636 g/mol. The van der Waals surface area contributed by atoms with Crippen molar-refractivity contribution in [3.8, 4) is 11.3 Å². The first-order chi connectivity index (χ1) is 22.3.